The van der Waals surface area contributed by atoms with E-state index in [-0.39, 0.29) is 17.1 Å². The third-order valence-corrected chi connectivity index (χ3v) is 7.26. The molecule has 0 spiro atoms. The van der Waals surface area contributed by atoms with Gasteiger partial charge in [-0.1, -0.05) is 38.5 Å². The summed E-state index contributed by atoms with van der Waals surface area (Å²) in [6.07, 6.45) is 2.94. The van der Waals surface area contributed by atoms with Crippen LogP contribution in [0.15, 0.2) is 59.3 Å². The monoisotopic (exact) mass is 612 g/mol. The van der Waals surface area contributed by atoms with Crippen LogP contribution in [0.4, 0.5) is 0 Å². The number of ether oxygens (including phenoxy) is 3. The number of halogens is 1. The zero-order valence-electron chi connectivity index (χ0n) is 21.6. The first-order valence-corrected chi connectivity index (χ1v) is 14.2. The molecule has 8 nitrogen and oxygen atoms in total. The summed E-state index contributed by atoms with van der Waals surface area (Å²) in [4.78, 5) is 15.9. The number of benzene rings is 3. The van der Waals surface area contributed by atoms with E-state index in [4.69, 9.17) is 14.2 Å². The van der Waals surface area contributed by atoms with E-state index >= 15 is 0 Å². The Morgan fingerprint density at radius 2 is 1.69 bits per heavy atom. The molecule has 0 amide bonds. The number of carboxylic acids is 1. The molecule has 0 radical (unpaired) electrons. The maximum absolute atomic E-state index is 11.6. The largest absolute Gasteiger partial charge is 0.507 e. The summed E-state index contributed by atoms with van der Waals surface area (Å²) in [5.41, 5.74) is 2.58. The van der Waals surface area contributed by atoms with Crippen molar-refractivity contribution in [3.63, 3.8) is 0 Å². The van der Waals surface area contributed by atoms with Gasteiger partial charge in [-0.15, -0.1) is 0 Å². The molecule has 0 saturated heterocycles. The number of aromatic nitrogens is 2. The molecule has 0 unspecified atom stereocenters. The summed E-state index contributed by atoms with van der Waals surface area (Å²) in [5, 5.41) is 20.7. The van der Waals surface area contributed by atoms with Gasteiger partial charge in [-0.05, 0) is 76.2 Å². The zero-order chi connectivity index (χ0) is 27.8. The highest BCUT2D eigenvalue weighted by atomic mass is 79.9. The number of hydrogen-bond donors (Lipinski definition) is 2. The van der Waals surface area contributed by atoms with Crippen molar-refractivity contribution in [3.05, 3.63) is 76.0 Å². The first-order valence-electron chi connectivity index (χ1n) is 12.6. The first kappa shape index (κ1) is 28.4. The van der Waals surface area contributed by atoms with E-state index in [1.165, 1.54) is 17.6 Å². The third kappa shape index (κ3) is 7.07. The van der Waals surface area contributed by atoms with Crippen LogP contribution in [0.5, 0.6) is 28.7 Å². The van der Waals surface area contributed by atoms with Crippen molar-refractivity contribution in [3.8, 4) is 39.3 Å². The number of hydrogen-bond acceptors (Lipinski definition) is 8. The predicted octanol–water partition coefficient (Wildman–Crippen LogP) is 7.53. The maximum atomic E-state index is 11.6. The van der Waals surface area contributed by atoms with Gasteiger partial charge in [0.05, 0.1) is 18.8 Å². The van der Waals surface area contributed by atoms with Crippen LogP contribution >= 0.6 is 27.5 Å². The van der Waals surface area contributed by atoms with Crippen LogP contribution in [0.3, 0.4) is 0 Å². The summed E-state index contributed by atoms with van der Waals surface area (Å²) < 4.78 is 22.7. The Labute approximate surface area is 239 Å². The Hall–Kier alpha value is -3.63. The molecular formula is C29H29BrN2O6S. The van der Waals surface area contributed by atoms with Crippen LogP contribution in [0.1, 0.15) is 48.2 Å². The smallest absolute Gasteiger partial charge is 0.339 e. The fourth-order valence-electron chi connectivity index (χ4n) is 4.06. The van der Waals surface area contributed by atoms with E-state index in [1.54, 1.807) is 24.3 Å². The lowest BCUT2D eigenvalue weighted by Crippen LogP contribution is -2.08. The van der Waals surface area contributed by atoms with Gasteiger partial charge in [0.15, 0.2) is 0 Å². The highest BCUT2D eigenvalue weighted by molar-refractivity contribution is 9.10. The average Bonchev–Trinajstić information content (AvgIpc) is 3.36. The zero-order valence-corrected chi connectivity index (χ0v) is 24.0. The number of phenolic OH excluding ortho intramolecular Hbond substituents is 1. The number of aromatic hydroxyl groups is 1. The van der Waals surface area contributed by atoms with Gasteiger partial charge < -0.3 is 24.4 Å². The molecule has 0 aliphatic heterocycles. The quantitative estimate of drug-likeness (QED) is 0.149. The van der Waals surface area contributed by atoms with Crippen molar-refractivity contribution in [2.75, 3.05) is 13.2 Å². The normalized spacial score (nSPS) is 10.8. The highest BCUT2D eigenvalue weighted by Crippen LogP contribution is 2.37. The molecule has 10 heteroatoms. The minimum atomic E-state index is -1.04. The van der Waals surface area contributed by atoms with E-state index in [0.29, 0.717) is 58.6 Å². The van der Waals surface area contributed by atoms with Crippen molar-refractivity contribution in [2.45, 2.75) is 39.5 Å². The Balaban J connectivity index is 1.40. The lowest BCUT2D eigenvalue weighted by molar-refractivity contribution is 0.0694. The lowest BCUT2D eigenvalue weighted by atomic mass is 10.1. The molecule has 4 aromatic rings. The number of para-hydroxylation sites is 1. The molecule has 0 bridgehead atoms. The van der Waals surface area contributed by atoms with Crippen LogP contribution in [0.25, 0.3) is 10.6 Å². The van der Waals surface area contributed by atoms with E-state index < -0.39 is 5.97 Å². The molecule has 4 rings (SSSR count). The number of carbonyl (C=O) groups is 1. The minimum Gasteiger partial charge on any atom is -0.507 e. The van der Waals surface area contributed by atoms with Crippen molar-refractivity contribution >= 4 is 33.4 Å². The second kappa shape index (κ2) is 13.4. The Bertz CT molecular complexity index is 1440. The van der Waals surface area contributed by atoms with Gasteiger partial charge in [0.2, 0.25) is 4.73 Å². The standard InChI is InChI=1S/C29H29BrN2O6S/c1-3-9-19-23(12-7-13-24(19)38-25-11-6-5-10-20(25)28(34)35)36-14-8-15-37-26-17-22(33)21(16-18(26)4-2)27-31-29(30)32-39-27/h5-7,10-13,16-17,33H,3-4,8-9,14-15H2,1-2H3,(H,34,35). The molecule has 3 aromatic carbocycles. The molecule has 0 aliphatic rings. The van der Waals surface area contributed by atoms with Crippen LogP contribution in [-0.4, -0.2) is 38.8 Å². The number of carboxylic acid groups (broad SMARTS) is 1. The van der Waals surface area contributed by atoms with Crippen molar-refractivity contribution in [2.24, 2.45) is 0 Å². The molecule has 0 fully saturated rings. The Morgan fingerprint density at radius 1 is 0.974 bits per heavy atom. The molecule has 1 heterocycles. The van der Waals surface area contributed by atoms with E-state index in [0.717, 1.165) is 24.0 Å². The number of rotatable bonds is 13. The number of aryl methyl sites for hydroxylation is 1. The maximum Gasteiger partial charge on any atom is 0.339 e. The van der Waals surface area contributed by atoms with Crippen molar-refractivity contribution in [1.29, 1.82) is 0 Å². The van der Waals surface area contributed by atoms with Crippen LogP contribution < -0.4 is 14.2 Å². The fourth-order valence-corrected chi connectivity index (χ4v) is 5.16. The predicted molar refractivity (Wildman–Crippen MR) is 154 cm³/mol. The molecule has 2 N–H and O–H groups in total. The lowest BCUT2D eigenvalue weighted by Gasteiger charge is -2.17. The molecule has 204 valence electrons. The third-order valence-electron chi connectivity index (χ3n) is 5.92. The second-order valence-corrected chi connectivity index (χ2v) is 10.1. The van der Waals surface area contributed by atoms with Gasteiger partial charge in [-0.25, -0.2) is 9.78 Å². The van der Waals surface area contributed by atoms with Gasteiger partial charge in [-0.3, -0.25) is 0 Å². The summed E-state index contributed by atoms with van der Waals surface area (Å²) in [6.45, 7) is 4.91. The second-order valence-electron chi connectivity index (χ2n) is 8.64. The van der Waals surface area contributed by atoms with Gasteiger partial charge in [0, 0.05) is 18.1 Å². The average molecular weight is 614 g/mol. The fraction of sp³-hybridized carbons (Fsp3) is 0.276. The molecule has 0 atom stereocenters. The number of aromatic carboxylic acids is 1. The van der Waals surface area contributed by atoms with Gasteiger partial charge in [0.1, 0.15) is 39.3 Å². The van der Waals surface area contributed by atoms with Crippen molar-refractivity contribution < 1.29 is 29.2 Å². The van der Waals surface area contributed by atoms with E-state index in [1.807, 2.05) is 31.2 Å². The summed E-state index contributed by atoms with van der Waals surface area (Å²) in [5.74, 6) is 1.23. The molecule has 0 saturated carbocycles. The summed E-state index contributed by atoms with van der Waals surface area (Å²) in [6, 6.07) is 15.6. The molecule has 1 aromatic heterocycles. The number of nitrogens with zero attached hydrogens (tertiary/aromatic N) is 2. The summed E-state index contributed by atoms with van der Waals surface area (Å²) >= 11 is 4.46. The van der Waals surface area contributed by atoms with E-state index in [9.17, 15) is 15.0 Å². The topological polar surface area (TPSA) is 111 Å². The van der Waals surface area contributed by atoms with Crippen LogP contribution in [-0.2, 0) is 12.8 Å². The van der Waals surface area contributed by atoms with E-state index in [2.05, 4.69) is 32.2 Å². The Kier molecular flexibility index (Phi) is 9.78. The van der Waals surface area contributed by atoms with Crippen LogP contribution in [0.2, 0.25) is 0 Å². The SMILES string of the molecule is CCCc1c(OCCCOc2cc(O)c(-c3nc(Br)ns3)cc2CC)cccc1Oc1ccccc1C(=O)O. The van der Waals surface area contributed by atoms with Crippen LogP contribution in [0, 0.1) is 0 Å². The van der Waals surface area contributed by atoms with Gasteiger partial charge in [-0.2, -0.15) is 4.37 Å². The van der Waals surface area contributed by atoms with Crippen molar-refractivity contribution in [1.82, 2.24) is 9.36 Å². The number of phenols is 1. The Morgan fingerprint density at radius 3 is 2.38 bits per heavy atom. The minimum absolute atomic E-state index is 0.0904. The molecule has 0 aliphatic carbocycles. The van der Waals surface area contributed by atoms with Gasteiger partial charge >= 0.3 is 5.97 Å². The summed E-state index contributed by atoms with van der Waals surface area (Å²) in [7, 11) is 0. The molecular weight excluding hydrogens is 584 g/mol. The molecule has 39 heavy (non-hydrogen) atoms. The first-order chi connectivity index (χ1) is 18.9. The van der Waals surface area contributed by atoms with Gasteiger partial charge in [0.25, 0.3) is 0 Å². The highest BCUT2D eigenvalue weighted by Gasteiger charge is 2.17.